The van der Waals surface area contributed by atoms with Gasteiger partial charge in [-0.05, 0) is 51.0 Å². The Bertz CT molecular complexity index is 882. The molecule has 1 aromatic heterocycles. The summed E-state index contributed by atoms with van der Waals surface area (Å²) in [5, 5.41) is 14.5. The third kappa shape index (κ3) is 3.93. The van der Waals surface area contributed by atoms with Gasteiger partial charge in [0.05, 0.1) is 4.92 Å². The minimum atomic E-state index is -0.462. The zero-order valence-electron chi connectivity index (χ0n) is 14.2. The Labute approximate surface area is 145 Å². The maximum atomic E-state index is 12.8. The highest BCUT2D eigenvalue weighted by Crippen LogP contribution is 2.31. The first-order valence-electron chi connectivity index (χ1n) is 8.27. The zero-order chi connectivity index (χ0) is 18.0. The van der Waals surface area contributed by atoms with Gasteiger partial charge in [-0.1, -0.05) is 6.07 Å². The highest BCUT2D eigenvalue weighted by Gasteiger charge is 2.25. The normalized spacial score (nSPS) is 14.6. The maximum absolute atomic E-state index is 12.8. The number of pyridine rings is 1. The largest absolute Gasteiger partial charge is 0.377 e. The summed E-state index contributed by atoms with van der Waals surface area (Å²) >= 11 is 0. The van der Waals surface area contributed by atoms with Crippen LogP contribution < -0.4 is 10.8 Å². The van der Waals surface area contributed by atoms with E-state index in [-0.39, 0.29) is 23.2 Å². The molecule has 1 saturated carbocycles. The van der Waals surface area contributed by atoms with Crippen molar-refractivity contribution in [3.63, 3.8) is 0 Å². The molecule has 130 valence electrons. The fourth-order valence-electron chi connectivity index (χ4n) is 2.50. The lowest BCUT2D eigenvalue weighted by Crippen LogP contribution is -2.28. The van der Waals surface area contributed by atoms with Crippen LogP contribution in [0.3, 0.4) is 0 Å². The smallest absolute Gasteiger partial charge is 0.293 e. The van der Waals surface area contributed by atoms with Gasteiger partial charge in [0, 0.05) is 29.9 Å². The van der Waals surface area contributed by atoms with Crippen molar-refractivity contribution in [3.05, 3.63) is 63.8 Å². The molecule has 1 aromatic carbocycles. The fourth-order valence-corrected chi connectivity index (χ4v) is 2.50. The van der Waals surface area contributed by atoms with Gasteiger partial charge in [-0.3, -0.25) is 24.5 Å². The van der Waals surface area contributed by atoms with Gasteiger partial charge >= 0.3 is 0 Å². The van der Waals surface area contributed by atoms with Gasteiger partial charge in [-0.15, -0.1) is 0 Å². The van der Waals surface area contributed by atoms with Gasteiger partial charge in [0.25, 0.3) is 11.6 Å². The van der Waals surface area contributed by atoms with E-state index in [0.717, 1.165) is 12.8 Å². The lowest BCUT2D eigenvalue weighted by molar-refractivity contribution is -0.384. The first-order valence-corrected chi connectivity index (χ1v) is 8.27. The fraction of sp³-hybridized carbons (Fsp3) is 0.333. The highest BCUT2D eigenvalue weighted by atomic mass is 16.6. The Morgan fingerprint density at radius 2 is 2.08 bits per heavy atom. The topological polar surface area (TPSA) is 89.5 Å². The molecule has 0 saturated heterocycles. The number of nitrogens with zero attached hydrogens (tertiary/aromatic N) is 3. The summed E-state index contributed by atoms with van der Waals surface area (Å²) in [6.45, 7) is 3.84. The molecular weight excluding hydrogens is 320 g/mol. The molecule has 0 radical (unpaired) electrons. The van der Waals surface area contributed by atoms with Crippen molar-refractivity contribution in [2.75, 3.05) is 5.32 Å². The van der Waals surface area contributed by atoms with Crippen LogP contribution in [0.1, 0.15) is 37.0 Å². The summed E-state index contributed by atoms with van der Waals surface area (Å²) in [5.41, 5.74) is 1.14. The molecule has 2 aromatic rings. The second-order valence-corrected chi connectivity index (χ2v) is 6.36. The number of nitrogens with one attached hydrogen (secondary N) is 1. The van der Waals surface area contributed by atoms with Crippen molar-refractivity contribution >= 4 is 17.3 Å². The van der Waals surface area contributed by atoms with Crippen LogP contribution in [0.5, 0.6) is 0 Å². The molecule has 25 heavy (non-hydrogen) atoms. The molecular formula is C18H20N4O3. The van der Waals surface area contributed by atoms with E-state index in [2.05, 4.69) is 10.3 Å². The third-order valence-corrected chi connectivity index (χ3v) is 3.83. The van der Waals surface area contributed by atoms with Gasteiger partial charge in [0.2, 0.25) is 0 Å². The number of hydrogen-bond donors (Lipinski definition) is 1. The summed E-state index contributed by atoms with van der Waals surface area (Å²) in [7, 11) is 0. The van der Waals surface area contributed by atoms with Crippen LogP contribution in [0.15, 0.2) is 47.6 Å². The molecule has 0 spiro atoms. The van der Waals surface area contributed by atoms with Crippen molar-refractivity contribution in [1.82, 2.24) is 4.57 Å². The van der Waals surface area contributed by atoms with Crippen LogP contribution in [0.25, 0.3) is 0 Å². The number of aromatic nitrogens is 1. The van der Waals surface area contributed by atoms with E-state index >= 15 is 0 Å². The van der Waals surface area contributed by atoms with Crippen LogP contribution >= 0.6 is 0 Å². The van der Waals surface area contributed by atoms with E-state index in [1.807, 2.05) is 13.8 Å². The maximum Gasteiger partial charge on any atom is 0.293 e. The van der Waals surface area contributed by atoms with E-state index in [1.165, 1.54) is 10.6 Å². The molecule has 7 heteroatoms. The Kier molecular flexibility index (Phi) is 4.65. The number of benzene rings is 1. The van der Waals surface area contributed by atoms with E-state index in [0.29, 0.717) is 17.2 Å². The molecule has 3 rings (SSSR count). The summed E-state index contributed by atoms with van der Waals surface area (Å²) < 4.78 is 1.41. The van der Waals surface area contributed by atoms with Gasteiger partial charge in [-0.2, -0.15) is 0 Å². The Balaban J connectivity index is 2.00. The molecule has 0 unspecified atom stereocenters. The minimum Gasteiger partial charge on any atom is -0.377 e. The van der Waals surface area contributed by atoms with Crippen LogP contribution in [0, 0.1) is 10.1 Å². The number of nitro groups is 1. The second kappa shape index (κ2) is 6.88. The average molecular weight is 340 g/mol. The summed E-state index contributed by atoms with van der Waals surface area (Å²) in [5.74, 6) is -0.346. The standard InChI is InChI=1S/C18H20N4O3/c1-12(2)19-17-5-3-4-10-21(17)18(23)13-6-9-15(20-14-7-8-14)16(11-13)22(24)25/h3-6,9-12,14,20H,7-8H2,1-2H3. The number of rotatable bonds is 5. The Morgan fingerprint density at radius 1 is 1.32 bits per heavy atom. The van der Waals surface area contributed by atoms with E-state index < -0.39 is 4.92 Å². The first-order chi connectivity index (χ1) is 12.0. The van der Waals surface area contributed by atoms with Crippen molar-refractivity contribution in [2.24, 2.45) is 4.99 Å². The highest BCUT2D eigenvalue weighted by molar-refractivity contribution is 5.97. The molecule has 1 heterocycles. The monoisotopic (exact) mass is 340 g/mol. The SMILES string of the molecule is CC(C)N=c1ccccn1C(=O)c1ccc(NC2CC2)c([N+](=O)[O-])c1. The quantitative estimate of drug-likeness (QED) is 0.669. The molecule has 0 aliphatic heterocycles. The first kappa shape index (κ1) is 16.9. The number of carbonyl (C=O) groups is 1. The van der Waals surface area contributed by atoms with Crippen LogP contribution in [0.4, 0.5) is 11.4 Å². The van der Waals surface area contributed by atoms with Gasteiger partial charge in [0.15, 0.2) is 0 Å². The molecule has 7 nitrogen and oxygen atoms in total. The third-order valence-electron chi connectivity index (χ3n) is 3.83. The number of carbonyl (C=O) groups excluding carboxylic acids is 1. The molecule has 0 amide bonds. The molecule has 1 fully saturated rings. The summed E-state index contributed by atoms with van der Waals surface area (Å²) in [6.07, 6.45) is 3.64. The van der Waals surface area contributed by atoms with E-state index in [1.54, 1.807) is 36.5 Å². The van der Waals surface area contributed by atoms with Gasteiger partial charge in [0.1, 0.15) is 11.2 Å². The molecule has 1 N–H and O–H groups in total. The molecule has 1 aliphatic carbocycles. The van der Waals surface area contributed by atoms with Gasteiger partial charge < -0.3 is 5.32 Å². The molecule has 1 aliphatic rings. The summed E-state index contributed by atoms with van der Waals surface area (Å²) in [6, 6.07) is 10.1. The van der Waals surface area contributed by atoms with Crippen molar-refractivity contribution in [1.29, 1.82) is 0 Å². The lowest BCUT2D eigenvalue weighted by atomic mass is 10.1. The second-order valence-electron chi connectivity index (χ2n) is 6.36. The average Bonchev–Trinajstić information content (AvgIpc) is 3.38. The number of hydrogen-bond acceptors (Lipinski definition) is 5. The van der Waals surface area contributed by atoms with Crippen LogP contribution in [-0.4, -0.2) is 27.5 Å². The molecule has 0 atom stereocenters. The molecule has 0 bridgehead atoms. The van der Waals surface area contributed by atoms with E-state index in [4.69, 9.17) is 0 Å². The Hall–Kier alpha value is -2.96. The lowest BCUT2D eigenvalue weighted by Gasteiger charge is -2.09. The van der Waals surface area contributed by atoms with Crippen molar-refractivity contribution in [3.8, 4) is 0 Å². The predicted molar refractivity (Wildman–Crippen MR) is 94.6 cm³/mol. The van der Waals surface area contributed by atoms with Crippen molar-refractivity contribution in [2.45, 2.75) is 38.8 Å². The number of anilines is 1. The Morgan fingerprint density at radius 3 is 2.72 bits per heavy atom. The predicted octanol–water partition coefficient (Wildman–Crippen LogP) is 2.97. The van der Waals surface area contributed by atoms with Crippen LogP contribution in [0.2, 0.25) is 0 Å². The van der Waals surface area contributed by atoms with Crippen LogP contribution in [-0.2, 0) is 0 Å². The van der Waals surface area contributed by atoms with Crippen molar-refractivity contribution < 1.29 is 9.72 Å². The zero-order valence-corrected chi connectivity index (χ0v) is 14.2. The minimum absolute atomic E-state index is 0.0286. The van der Waals surface area contributed by atoms with E-state index in [9.17, 15) is 14.9 Å². The summed E-state index contributed by atoms with van der Waals surface area (Å²) in [4.78, 5) is 28.2. The number of nitro benzene ring substituents is 1. The van der Waals surface area contributed by atoms with Gasteiger partial charge in [-0.25, -0.2) is 0 Å².